The Morgan fingerprint density at radius 2 is 1.95 bits per heavy atom. The number of hydrogen-bond donors (Lipinski definition) is 0. The van der Waals surface area contributed by atoms with Crippen LogP contribution in [-0.2, 0) is 9.53 Å². The molecule has 108 valence electrons. The molecule has 0 bridgehead atoms. The van der Waals surface area contributed by atoms with Gasteiger partial charge in [0.05, 0.1) is 18.1 Å². The Morgan fingerprint density at radius 3 is 2.48 bits per heavy atom. The van der Waals surface area contributed by atoms with Crippen LogP contribution in [0.3, 0.4) is 0 Å². The molecular weight excluding hydrogens is 274 g/mol. The van der Waals surface area contributed by atoms with Gasteiger partial charge in [0, 0.05) is 25.2 Å². The molecule has 7 nitrogen and oxygen atoms in total. The van der Waals surface area contributed by atoms with Crippen molar-refractivity contribution in [1.29, 1.82) is 5.26 Å². The molecule has 1 saturated heterocycles. The van der Waals surface area contributed by atoms with Gasteiger partial charge in [-0.3, -0.25) is 14.9 Å². The lowest BCUT2D eigenvalue weighted by Gasteiger charge is -2.26. The first-order valence-electron chi connectivity index (χ1n) is 6.35. The van der Waals surface area contributed by atoms with Crippen molar-refractivity contribution in [3.8, 4) is 6.07 Å². The van der Waals surface area contributed by atoms with Crippen molar-refractivity contribution in [2.24, 2.45) is 0 Å². The summed E-state index contributed by atoms with van der Waals surface area (Å²) in [5.41, 5.74) is 0.537. The zero-order chi connectivity index (χ0) is 15.2. The second-order valence-corrected chi connectivity index (χ2v) is 4.42. The molecule has 1 aromatic rings. The minimum atomic E-state index is -0.502. The van der Waals surface area contributed by atoms with Crippen LogP contribution in [0.1, 0.15) is 5.56 Å². The number of ether oxygens (including phenoxy) is 1. The summed E-state index contributed by atoms with van der Waals surface area (Å²) < 4.78 is 5.16. The molecule has 0 N–H and O–H groups in total. The van der Waals surface area contributed by atoms with Crippen molar-refractivity contribution >= 4 is 17.7 Å². The summed E-state index contributed by atoms with van der Waals surface area (Å²) in [7, 11) is 0. The standard InChI is InChI=1S/C14H13N3O4/c15-10-12(14(18)16-5-7-21-8-6-16)9-11-1-3-13(4-2-11)17(19)20/h1-4,9H,5-8H2/b12-9+. The molecule has 1 amide bonds. The normalized spacial score (nSPS) is 15.4. The fraction of sp³-hybridized carbons (Fsp3) is 0.286. The summed E-state index contributed by atoms with van der Waals surface area (Å²) in [6.45, 7) is 1.83. The van der Waals surface area contributed by atoms with E-state index in [2.05, 4.69) is 0 Å². The molecule has 0 aromatic heterocycles. The van der Waals surface area contributed by atoms with E-state index >= 15 is 0 Å². The van der Waals surface area contributed by atoms with Gasteiger partial charge in [-0.15, -0.1) is 0 Å². The average molecular weight is 287 g/mol. The van der Waals surface area contributed by atoms with Crippen LogP contribution in [0.5, 0.6) is 0 Å². The van der Waals surface area contributed by atoms with Gasteiger partial charge in [-0.05, 0) is 23.8 Å². The Kier molecular flexibility index (Phi) is 4.64. The van der Waals surface area contributed by atoms with E-state index in [4.69, 9.17) is 10.00 Å². The second kappa shape index (κ2) is 6.63. The zero-order valence-electron chi connectivity index (χ0n) is 11.2. The number of carbonyl (C=O) groups excluding carboxylic acids is 1. The highest BCUT2D eigenvalue weighted by molar-refractivity contribution is 6.01. The predicted molar refractivity (Wildman–Crippen MR) is 74.1 cm³/mol. The van der Waals surface area contributed by atoms with Gasteiger partial charge >= 0.3 is 0 Å². The molecule has 0 atom stereocenters. The van der Waals surface area contributed by atoms with Gasteiger partial charge in [-0.25, -0.2) is 0 Å². The quantitative estimate of drug-likeness (QED) is 0.362. The Labute approximate surface area is 121 Å². The van der Waals surface area contributed by atoms with Crippen molar-refractivity contribution in [1.82, 2.24) is 4.90 Å². The third-order valence-electron chi connectivity index (χ3n) is 3.06. The monoisotopic (exact) mass is 287 g/mol. The summed E-state index contributed by atoms with van der Waals surface area (Å²) in [6.07, 6.45) is 1.43. The third-order valence-corrected chi connectivity index (χ3v) is 3.06. The lowest BCUT2D eigenvalue weighted by Crippen LogP contribution is -2.41. The summed E-state index contributed by atoms with van der Waals surface area (Å²) in [4.78, 5) is 23.8. The Morgan fingerprint density at radius 1 is 1.33 bits per heavy atom. The molecule has 1 aromatic carbocycles. The Bertz CT molecular complexity index is 610. The maximum Gasteiger partial charge on any atom is 0.269 e. The van der Waals surface area contributed by atoms with Crippen LogP contribution < -0.4 is 0 Å². The summed E-state index contributed by atoms with van der Waals surface area (Å²) >= 11 is 0. The van der Waals surface area contributed by atoms with Gasteiger partial charge < -0.3 is 9.64 Å². The number of amides is 1. The van der Waals surface area contributed by atoms with Gasteiger partial charge in [-0.1, -0.05) is 0 Å². The number of rotatable bonds is 3. The maximum absolute atomic E-state index is 12.2. The van der Waals surface area contributed by atoms with E-state index in [0.717, 1.165) is 0 Å². The van der Waals surface area contributed by atoms with Crippen LogP contribution in [-0.4, -0.2) is 42.0 Å². The zero-order valence-corrected chi connectivity index (χ0v) is 11.2. The van der Waals surface area contributed by atoms with Gasteiger partial charge in [0.15, 0.2) is 0 Å². The molecule has 0 saturated carbocycles. The summed E-state index contributed by atoms with van der Waals surface area (Å²) in [6, 6.07) is 7.55. The van der Waals surface area contributed by atoms with Gasteiger partial charge in [0.25, 0.3) is 11.6 Å². The fourth-order valence-electron chi connectivity index (χ4n) is 1.94. The topological polar surface area (TPSA) is 96.5 Å². The van der Waals surface area contributed by atoms with Crippen LogP contribution in [0.25, 0.3) is 6.08 Å². The van der Waals surface area contributed by atoms with E-state index in [9.17, 15) is 14.9 Å². The van der Waals surface area contributed by atoms with E-state index in [1.165, 1.54) is 30.3 Å². The number of carbonyl (C=O) groups is 1. The maximum atomic E-state index is 12.2. The molecule has 21 heavy (non-hydrogen) atoms. The highest BCUT2D eigenvalue weighted by Gasteiger charge is 2.20. The van der Waals surface area contributed by atoms with Crippen molar-refractivity contribution < 1.29 is 14.5 Å². The van der Waals surface area contributed by atoms with Crippen LogP contribution >= 0.6 is 0 Å². The van der Waals surface area contributed by atoms with Crippen molar-refractivity contribution in [2.75, 3.05) is 26.3 Å². The third kappa shape index (κ3) is 3.64. The summed E-state index contributed by atoms with van der Waals surface area (Å²) in [5.74, 6) is -0.348. The second-order valence-electron chi connectivity index (χ2n) is 4.42. The molecule has 7 heteroatoms. The van der Waals surface area contributed by atoms with Crippen LogP contribution in [0, 0.1) is 21.4 Å². The van der Waals surface area contributed by atoms with E-state index < -0.39 is 4.92 Å². The lowest BCUT2D eigenvalue weighted by atomic mass is 10.1. The molecule has 1 fully saturated rings. The van der Waals surface area contributed by atoms with Gasteiger partial charge in [0.1, 0.15) is 11.6 Å². The Hall–Kier alpha value is -2.72. The molecule has 0 spiro atoms. The number of nitro benzene ring substituents is 1. The largest absolute Gasteiger partial charge is 0.378 e. The van der Waals surface area contributed by atoms with Crippen molar-refractivity contribution in [2.45, 2.75) is 0 Å². The van der Waals surface area contributed by atoms with Gasteiger partial charge in [0.2, 0.25) is 0 Å². The van der Waals surface area contributed by atoms with Gasteiger partial charge in [-0.2, -0.15) is 5.26 Å². The number of benzene rings is 1. The number of morpholine rings is 1. The molecule has 0 radical (unpaired) electrons. The van der Waals surface area contributed by atoms with Crippen molar-refractivity contribution in [3.05, 3.63) is 45.5 Å². The highest BCUT2D eigenvalue weighted by atomic mass is 16.6. The number of nitrogens with zero attached hydrogens (tertiary/aromatic N) is 3. The van der Waals surface area contributed by atoms with Crippen molar-refractivity contribution in [3.63, 3.8) is 0 Å². The first-order valence-corrected chi connectivity index (χ1v) is 6.35. The number of nitro groups is 1. The molecule has 1 aliphatic rings. The van der Waals surface area contributed by atoms with E-state index in [0.29, 0.717) is 31.9 Å². The molecule has 0 aliphatic carbocycles. The number of nitriles is 1. The molecule has 0 unspecified atom stereocenters. The summed E-state index contributed by atoms with van der Waals surface area (Å²) in [5, 5.41) is 19.7. The SMILES string of the molecule is N#C/C(=C\c1ccc([N+](=O)[O-])cc1)C(=O)N1CCOCC1. The first-order chi connectivity index (χ1) is 10.1. The number of non-ortho nitro benzene ring substituents is 1. The van der Waals surface area contributed by atoms with E-state index in [1.54, 1.807) is 4.90 Å². The molecule has 1 heterocycles. The Balaban J connectivity index is 2.17. The first kappa shape index (κ1) is 14.7. The van der Waals surface area contributed by atoms with Crippen LogP contribution in [0.4, 0.5) is 5.69 Å². The highest BCUT2D eigenvalue weighted by Crippen LogP contribution is 2.15. The molecular formula is C14H13N3O4. The molecule has 1 aliphatic heterocycles. The molecule has 2 rings (SSSR count). The fourth-order valence-corrected chi connectivity index (χ4v) is 1.94. The minimum absolute atomic E-state index is 0.00533. The van der Waals surface area contributed by atoms with E-state index in [1.807, 2.05) is 6.07 Å². The van der Waals surface area contributed by atoms with E-state index in [-0.39, 0.29) is 17.2 Å². The predicted octanol–water partition coefficient (Wildman–Crippen LogP) is 1.36. The number of hydrogen-bond acceptors (Lipinski definition) is 5. The lowest BCUT2D eigenvalue weighted by molar-refractivity contribution is -0.384. The average Bonchev–Trinajstić information content (AvgIpc) is 2.53. The van der Waals surface area contributed by atoms with Crippen LogP contribution in [0.15, 0.2) is 29.8 Å². The smallest absolute Gasteiger partial charge is 0.269 e. The van der Waals surface area contributed by atoms with Crippen LogP contribution in [0.2, 0.25) is 0 Å². The minimum Gasteiger partial charge on any atom is -0.378 e.